The van der Waals surface area contributed by atoms with Crippen LogP contribution in [0.1, 0.15) is 38.1 Å². The van der Waals surface area contributed by atoms with Gasteiger partial charge in [0.2, 0.25) is 11.7 Å². The molecule has 11 heteroatoms. The van der Waals surface area contributed by atoms with E-state index in [0.717, 1.165) is 0 Å². The van der Waals surface area contributed by atoms with Crippen molar-refractivity contribution in [3.63, 3.8) is 0 Å². The van der Waals surface area contributed by atoms with Gasteiger partial charge in [-0.15, -0.1) is 11.3 Å². The first kappa shape index (κ1) is 20.8. The average Bonchev–Trinajstić information content (AvgIpc) is 3.49. The number of thiazole rings is 1. The second-order valence-electron chi connectivity index (χ2n) is 7.17. The van der Waals surface area contributed by atoms with Gasteiger partial charge in [-0.25, -0.2) is 4.98 Å². The Balaban J connectivity index is 1.28. The Bertz CT molecular complexity index is 1110. The zero-order valence-electron chi connectivity index (χ0n) is 17.1. The lowest BCUT2D eigenvalue weighted by Crippen LogP contribution is -2.51. The van der Waals surface area contributed by atoms with E-state index in [1.165, 1.54) is 17.6 Å². The third-order valence-corrected chi connectivity index (χ3v) is 5.77. The molecule has 1 aliphatic rings. The molecule has 4 rings (SSSR count). The van der Waals surface area contributed by atoms with Crippen LogP contribution in [0.25, 0.3) is 0 Å². The number of piperazine rings is 1. The molecule has 3 aromatic heterocycles. The number of amides is 3. The maximum Gasteiger partial charge on any atom is 0.292 e. The molecule has 0 bridgehead atoms. The molecule has 0 saturated carbocycles. The molecule has 0 spiro atoms. The monoisotopic (exact) mass is 443 g/mol. The Labute approximate surface area is 181 Å². The van der Waals surface area contributed by atoms with E-state index in [1.807, 2.05) is 0 Å². The molecule has 162 valence electrons. The highest BCUT2D eigenvalue weighted by molar-refractivity contribution is 7.14. The van der Waals surface area contributed by atoms with Gasteiger partial charge in [0.25, 0.3) is 11.8 Å². The Hall–Kier alpha value is -3.47. The van der Waals surface area contributed by atoms with Gasteiger partial charge < -0.3 is 18.7 Å². The van der Waals surface area contributed by atoms with Crippen LogP contribution in [0.15, 0.2) is 32.7 Å². The van der Waals surface area contributed by atoms with Gasteiger partial charge >= 0.3 is 0 Å². The number of hydrogen-bond acceptors (Lipinski definition) is 8. The quantitative estimate of drug-likeness (QED) is 0.641. The number of hydrogen-bond donors (Lipinski definition) is 1. The molecule has 31 heavy (non-hydrogen) atoms. The largest absolute Gasteiger partial charge is 0.469 e. The summed E-state index contributed by atoms with van der Waals surface area (Å²) in [4.78, 5) is 45.0. The van der Waals surface area contributed by atoms with Crippen molar-refractivity contribution in [1.29, 1.82) is 0 Å². The summed E-state index contributed by atoms with van der Waals surface area (Å²) >= 11 is 1.26. The highest BCUT2D eigenvalue weighted by atomic mass is 32.1. The first-order valence-corrected chi connectivity index (χ1v) is 10.6. The van der Waals surface area contributed by atoms with E-state index >= 15 is 0 Å². The summed E-state index contributed by atoms with van der Waals surface area (Å²) < 4.78 is 10.2. The van der Waals surface area contributed by atoms with Crippen LogP contribution in [0.4, 0.5) is 5.13 Å². The average molecular weight is 443 g/mol. The van der Waals surface area contributed by atoms with Crippen LogP contribution in [-0.4, -0.2) is 63.8 Å². The molecule has 3 amide bonds. The summed E-state index contributed by atoms with van der Waals surface area (Å²) in [6.45, 7) is 5.18. The SMILES string of the molecule is Cc1cc(C(=O)N2CCN(C(=O)Cc3csc(NC(=O)c4ccoc4C)n3)CC2)on1. The molecule has 0 atom stereocenters. The van der Waals surface area contributed by atoms with E-state index in [1.54, 1.807) is 41.2 Å². The zero-order chi connectivity index (χ0) is 22.0. The predicted molar refractivity (Wildman–Crippen MR) is 111 cm³/mol. The standard InChI is InChI=1S/C20H21N5O5S/c1-12-9-16(30-23-12)19(28)25-6-4-24(5-7-25)17(26)10-14-11-31-20(21-14)22-18(27)15-3-8-29-13(15)2/h3,8-9,11H,4-7,10H2,1-2H3,(H,21,22,27). The number of furan rings is 1. The minimum Gasteiger partial charge on any atom is -0.469 e. The number of nitrogens with one attached hydrogen (secondary N) is 1. The molecule has 0 radical (unpaired) electrons. The van der Waals surface area contributed by atoms with Crippen LogP contribution in [0.2, 0.25) is 0 Å². The summed E-state index contributed by atoms with van der Waals surface area (Å²) in [5.74, 6) is 0.138. The Morgan fingerprint density at radius 2 is 1.90 bits per heavy atom. The van der Waals surface area contributed by atoms with Crippen LogP contribution < -0.4 is 5.32 Å². The normalized spacial score (nSPS) is 14.0. The number of carbonyl (C=O) groups excluding carboxylic acids is 3. The maximum absolute atomic E-state index is 12.6. The first-order valence-electron chi connectivity index (χ1n) is 9.71. The Kier molecular flexibility index (Phi) is 5.85. The number of nitrogens with zero attached hydrogens (tertiary/aromatic N) is 4. The van der Waals surface area contributed by atoms with Crippen molar-refractivity contribution < 1.29 is 23.3 Å². The lowest BCUT2D eigenvalue weighted by atomic mass is 10.2. The van der Waals surface area contributed by atoms with Crippen molar-refractivity contribution in [2.75, 3.05) is 31.5 Å². The zero-order valence-corrected chi connectivity index (χ0v) is 17.9. The molecule has 1 aliphatic heterocycles. The van der Waals surface area contributed by atoms with Crippen molar-refractivity contribution >= 4 is 34.2 Å². The van der Waals surface area contributed by atoms with E-state index in [2.05, 4.69) is 15.5 Å². The molecule has 0 aliphatic carbocycles. The van der Waals surface area contributed by atoms with Gasteiger partial charge in [0.15, 0.2) is 5.13 Å². The maximum atomic E-state index is 12.6. The smallest absolute Gasteiger partial charge is 0.292 e. The van der Waals surface area contributed by atoms with Crippen LogP contribution in [0, 0.1) is 13.8 Å². The first-order chi connectivity index (χ1) is 14.9. The number of carbonyl (C=O) groups is 3. The summed E-state index contributed by atoms with van der Waals surface area (Å²) in [7, 11) is 0. The molecule has 0 unspecified atom stereocenters. The predicted octanol–water partition coefficient (Wildman–Crippen LogP) is 2.12. The fourth-order valence-electron chi connectivity index (χ4n) is 3.28. The van der Waals surface area contributed by atoms with Crippen molar-refractivity contribution in [3.8, 4) is 0 Å². The van der Waals surface area contributed by atoms with Crippen LogP contribution in [-0.2, 0) is 11.2 Å². The van der Waals surface area contributed by atoms with Crippen LogP contribution >= 0.6 is 11.3 Å². The molecular weight excluding hydrogens is 422 g/mol. The minimum atomic E-state index is -0.304. The van der Waals surface area contributed by atoms with E-state index in [9.17, 15) is 14.4 Å². The molecule has 3 aromatic rings. The molecule has 4 heterocycles. The van der Waals surface area contributed by atoms with E-state index in [4.69, 9.17) is 8.94 Å². The topological polar surface area (TPSA) is 122 Å². The summed E-state index contributed by atoms with van der Waals surface area (Å²) in [6, 6.07) is 3.20. The third-order valence-electron chi connectivity index (χ3n) is 4.97. The second-order valence-corrected chi connectivity index (χ2v) is 8.03. The van der Waals surface area contributed by atoms with Gasteiger partial charge in [-0.2, -0.15) is 0 Å². The van der Waals surface area contributed by atoms with Gasteiger partial charge in [-0.05, 0) is 19.9 Å². The molecule has 1 N–H and O–H groups in total. The van der Waals surface area contributed by atoms with Gasteiger partial charge in [-0.1, -0.05) is 5.16 Å². The molecule has 0 aromatic carbocycles. The van der Waals surface area contributed by atoms with Gasteiger partial charge in [0, 0.05) is 37.6 Å². The van der Waals surface area contributed by atoms with Gasteiger partial charge in [0.1, 0.15) is 5.76 Å². The molecule has 1 fully saturated rings. The number of rotatable bonds is 5. The van der Waals surface area contributed by atoms with Crippen molar-refractivity contribution in [1.82, 2.24) is 19.9 Å². The Morgan fingerprint density at radius 1 is 1.16 bits per heavy atom. The van der Waals surface area contributed by atoms with Crippen LogP contribution in [0.5, 0.6) is 0 Å². The summed E-state index contributed by atoms with van der Waals surface area (Å²) in [5.41, 5.74) is 1.68. The van der Waals surface area contributed by atoms with E-state index in [0.29, 0.717) is 54.0 Å². The van der Waals surface area contributed by atoms with Crippen molar-refractivity contribution in [2.24, 2.45) is 0 Å². The van der Waals surface area contributed by atoms with Crippen molar-refractivity contribution in [3.05, 3.63) is 52.2 Å². The van der Waals surface area contributed by atoms with Crippen LogP contribution in [0.3, 0.4) is 0 Å². The molecular formula is C20H21N5O5S. The fraction of sp³-hybridized carbons (Fsp3) is 0.350. The van der Waals surface area contributed by atoms with Gasteiger partial charge in [-0.3, -0.25) is 19.7 Å². The lowest BCUT2D eigenvalue weighted by Gasteiger charge is -2.34. The third kappa shape index (κ3) is 4.66. The van der Waals surface area contributed by atoms with E-state index < -0.39 is 0 Å². The molecule has 10 nitrogen and oxygen atoms in total. The summed E-state index contributed by atoms with van der Waals surface area (Å²) in [5, 5.41) is 8.63. The highest BCUT2D eigenvalue weighted by Gasteiger charge is 2.27. The second kappa shape index (κ2) is 8.72. The van der Waals surface area contributed by atoms with E-state index in [-0.39, 0.29) is 29.9 Å². The Morgan fingerprint density at radius 3 is 2.55 bits per heavy atom. The number of anilines is 1. The number of aryl methyl sites for hydroxylation is 2. The van der Waals surface area contributed by atoms with Gasteiger partial charge in [0.05, 0.1) is 29.6 Å². The summed E-state index contributed by atoms with van der Waals surface area (Å²) in [6.07, 6.45) is 1.59. The highest BCUT2D eigenvalue weighted by Crippen LogP contribution is 2.19. The molecule has 1 saturated heterocycles. The van der Waals surface area contributed by atoms with Crippen molar-refractivity contribution in [2.45, 2.75) is 20.3 Å². The minimum absolute atomic E-state index is 0.0727. The fourth-order valence-corrected chi connectivity index (χ4v) is 3.98. The number of aromatic nitrogens is 2. The lowest BCUT2D eigenvalue weighted by molar-refractivity contribution is -0.132.